The zero-order valence-electron chi connectivity index (χ0n) is 10.9. The van der Waals surface area contributed by atoms with Crippen LogP contribution in [0.2, 0.25) is 0 Å². The molecule has 0 bridgehead atoms. The maximum Gasteiger partial charge on any atom is 0.127 e. The lowest BCUT2D eigenvalue weighted by Crippen LogP contribution is -1.63. The van der Waals surface area contributed by atoms with Gasteiger partial charge in [-0.3, -0.25) is 0 Å². The molecule has 1 aromatic carbocycles. The van der Waals surface area contributed by atoms with Gasteiger partial charge in [-0.05, 0) is 12.5 Å². The first-order valence-electron chi connectivity index (χ1n) is 5.41. The molecule has 0 amide bonds. The second-order valence-electron chi connectivity index (χ2n) is 3.08. The summed E-state index contributed by atoms with van der Waals surface area (Å²) < 4.78 is 0. The monoisotopic (exact) mass is 240 g/mol. The van der Waals surface area contributed by atoms with E-state index in [1.54, 1.807) is 25.0 Å². The average Bonchev–Trinajstić information content (AvgIpc) is 2.48. The first kappa shape index (κ1) is 18.0. The maximum absolute atomic E-state index is 9.50. The molecule has 0 unspecified atom stereocenters. The van der Waals surface area contributed by atoms with Gasteiger partial charge < -0.3 is 0 Å². The van der Waals surface area contributed by atoms with Crippen molar-refractivity contribution < 1.29 is 4.79 Å². The lowest BCUT2D eigenvalue weighted by molar-refractivity contribution is 0.567. The fraction of sp³-hybridized carbons (Fsp3) is 0.0588. The van der Waals surface area contributed by atoms with Crippen molar-refractivity contribution in [2.75, 3.05) is 0 Å². The Balaban J connectivity index is 0. The Kier molecular flexibility index (Phi) is 14.6. The van der Waals surface area contributed by atoms with Crippen molar-refractivity contribution in [1.29, 1.82) is 0 Å². The third-order valence-electron chi connectivity index (χ3n) is 1.67. The SMILES string of the molecule is C=CC(C)=C=O.C=CC=C.C=Cc1ccccc1. The van der Waals surface area contributed by atoms with Crippen LogP contribution in [-0.4, -0.2) is 5.94 Å². The summed E-state index contributed by atoms with van der Waals surface area (Å²) in [4.78, 5) is 9.50. The van der Waals surface area contributed by atoms with Crippen LogP contribution >= 0.6 is 0 Å². The molecule has 18 heavy (non-hydrogen) atoms. The van der Waals surface area contributed by atoms with Gasteiger partial charge >= 0.3 is 0 Å². The molecule has 0 saturated carbocycles. The van der Waals surface area contributed by atoms with Crippen LogP contribution in [0.3, 0.4) is 0 Å². The standard InChI is InChI=1S/C8H8.C5H6O.C4H6/c1-2-8-6-4-3-5-7-8;1-3-5(2)4-6;1-3-4-2/h2-7H,1H2;3H,1H2,2H3;3-4H,1-2H2. The average molecular weight is 240 g/mol. The van der Waals surface area contributed by atoms with E-state index in [0.29, 0.717) is 5.57 Å². The van der Waals surface area contributed by atoms with Crippen LogP contribution in [0.15, 0.2) is 80.4 Å². The minimum atomic E-state index is 0.551. The van der Waals surface area contributed by atoms with Gasteiger partial charge in [0.25, 0.3) is 0 Å². The van der Waals surface area contributed by atoms with Crippen molar-refractivity contribution in [3.8, 4) is 0 Å². The summed E-state index contributed by atoms with van der Waals surface area (Å²) in [5, 5.41) is 0. The topological polar surface area (TPSA) is 17.1 Å². The van der Waals surface area contributed by atoms with Crippen LogP contribution in [0.5, 0.6) is 0 Å². The van der Waals surface area contributed by atoms with Crippen molar-refractivity contribution >= 4 is 12.0 Å². The van der Waals surface area contributed by atoms with E-state index in [1.165, 1.54) is 11.6 Å². The first-order chi connectivity index (χ1) is 8.65. The van der Waals surface area contributed by atoms with Gasteiger partial charge in [0.05, 0.1) is 0 Å². The van der Waals surface area contributed by atoms with Crippen molar-refractivity contribution in [2.24, 2.45) is 0 Å². The van der Waals surface area contributed by atoms with Gasteiger partial charge in [0, 0.05) is 5.57 Å². The first-order valence-corrected chi connectivity index (χ1v) is 5.41. The van der Waals surface area contributed by atoms with Crippen LogP contribution in [0.25, 0.3) is 6.08 Å². The van der Waals surface area contributed by atoms with E-state index in [4.69, 9.17) is 0 Å². The molecule has 0 spiro atoms. The molecule has 0 aromatic heterocycles. The third kappa shape index (κ3) is 13.6. The van der Waals surface area contributed by atoms with E-state index in [2.05, 4.69) is 26.3 Å². The van der Waals surface area contributed by atoms with E-state index in [0.717, 1.165) is 0 Å². The lowest BCUT2D eigenvalue weighted by atomic mass is 10.2. The van der Waals surface area contributed by atoms with Gasteiger partial charge in [-0.15, -0.1) is 0 Å². The number of allylic oxidation sites excluding steroid dienone is 4. The summed E-state index contributed by atoms with van der Waals surface area (Å²) in [6.45, 7) is 15.3. The van der Waals surface area contributed by atoms with E-state index in [9.17, 15) is 4.79 Å². The fourth-order valence-corrected chi connectivity index (χ4v) is 0.631. The summed E-state index contributed by atoms with van der Waals surface area (Å²) >= 11 is 0. The predicted molar refractivity (Wildman–Crippen MR) is 82.0 cm³/mol. The van der Waals surface area contributed by atoms with E-state index < -0.39 is 0 Å². The fourth-order valence-electron chi connectivity index (χ4n) is 0.631. The van der Waals surface area contributed by atoms with E-state index in [-0.39, 0.29) is 0 Å². The van der Waals surface area contributed by atoms with Crippen molar-refractivity contribution in [2.45, 2.75) is 6.92 Å². The van der Waals surface area contributed by atoms with Crippen molar-refractivity contribution in [1.82, 2.24) is 0 Å². The molecule has 0 fully saturated rings. The normalized spacial score (nSPS) is 6.94. The van der Waals surface area contributed by atoms with Crippen LogP contribution < -0.4 is 0 Å². The molecule has 0 atom stereocenters. The highest BCUT2D eigenvalue weighted by molar-refractivity contribution is 5.55. The van der Waals surface area contributed by atoms with Gasteiger partial charge in [0.15, 0.2) is 0 Å². The largest absolute Gasteiger partial charge is 0.233 e. The molecule has 1 rings (SSSR count). The zero-order chi connectivity index (χ0) is 14.2. The summed E-state index contributed by atoms with van der Waals surface area (Å²) in [5.41, 5.74) is 1.72. The Hall–Kier alpha value is -2.37. The molecular weight excluding hydrogens is 220 g/mol. The Labute approximate surface area is 110 Å². The van der Waals surface area contributed by atoms with Crippen molar-refractivity contribution in [3.05, 3.63) is 86.0 Å². The number of rotatable bonds is 3. The van der Waals surface area contributed by atoms with Gasteiger partial charge in [0.1, 0.15) is 5.94 Å². The third-order valence-corrected chi connectivity index (χ3v) is 1.67. The number of carbonyl (C=O) groups excluding carboxylic acids is 1. The van der Waals surface area contributed by atoms with Crippen LogP contribution in [0.4, 0.5) is 0 Å². The van der Waals surface area contributed by atoms with Crippen LogP contribution in [-0.2, 0) is 4.79 Å². The summed E-state index contributed by atoms with van der Waals surface area (Å²) in [5.74, 6) is 1.66. The molecule has 94 valence electrons. The maximum atomic E-state index is 9.50. The zero-order valence-corrected chi connectivity index (χ0v) is 10.9. The Morgan fingerprint density at radius 2 is 1.56 bits per heavy atom. The minimum Gasteiger partial charge on any atom is -0.233 e. The summed E-state index contributed by atoms with van der Waals surface area (Å²) in [6, 6.07) is 10.0. The number of benzene rings is 1. The molecule has 0 aliphatic rings. The number of hydrogen-bond donors (Lipinski definition) is 0. The number of hydrogen-bond acceptors (Lipinski definition) is 1. The van der Waals surface area contributed by atoms with Gasteiger partial charge in [-0.1, -0.05) is 81.0 Å². The Morgan fingerprint density at radius 1 is 1.06 bits per heavy atom. The molecule has 0 heterocycles. The molecule has 1 heteroatoms. The van der Waals surface area contributed by atoms with Gasteiger partial charge in [-0.25, -0.2) is 4.79 Å². The second-order valence-corrected chi connectivity index (χ2v) is 3.08. The molecule has 0 aliphatic carbocycles. The summed E-state index contributed by atoms with van der Waals surface area (Å²) in [6.07, 6.45) is 6.58. The molecule has 0 N–H and O–H groups in total. The molecular formula is C17H20O. The molecule has 1 aromatic rings. The molecule has 0 saturated heterocycles. The Morgan fingerprint density at radius 3 is 1.72 bits per heavy atom. The highest BCUT2D eigenvalue weighted by Crippen LogP contribution is 1.97. The summed E-state index contributed by atoms with van der Waals surface area (Å²) in [7, 11) is 0. The molecule has 0 radical (unpaired) electrons. The minimum absolute atomic E-state index is 0.551. The van der Waals surface area contributed by atoms with Gasteiger partial charge in [0.2, 0.25) is 0 Å². The Bertz CT molecular complexity index is 400. The van der Waals surface area contributed by atoms with Crippen LogP contribution in [0.1, 0.15) is 12.5 Å². The second kappa shape index (κ2) is 14.6. The van der Waals surface area contributed by atoms with E-state index >= 15 is 0 Å². The molecule has 1 nitrogen and oxygen atoms in total. The lowest BCUT2D eigenvalue weighted by Gasteiger charge is -1.85. The highest BCUT2D eigenvalue weighted by Gasteiger charge is 1.75. The quantitative estimate of drug-likeness (QED) is 0.555. The molecule has 0 aliphatic heterocycles. The predicted octanol–water partition coefficient (Wildman–Crippen LogP) is 4.64. The smallest absolute Gasteiger partial charge is 0.127 e. The van der Waals surface area contributed by atoms with Crippen molar-refractivity contribution in [3.63, 3.8) is 0 Å². The van der Waals surface area contributed by atoms with Gasteiger partial charge in [-0.2, -0.15) is 0 Å². The van der Waals surface area contributed by atoms with Crippen LogP contribution in [0, 0.1) is 0 Å². The highest BCUT2D eigenvalue weighted by atomic mass is 16.1. The van der Waals surface area contributed by atoms with E-state index in [1.807, 2.05) is 36.4 Å².